The summed E-state index contributed by atoms with van der Waals surface area (Å²) in [6.07, 6.45) is 3.98. The number of nitriles is 1. The van der Waals surface area contributed by atoms with E-state index < -0.39 is 11.8 Å². The molecule has 0 fully saturated rings. The number of halogens is 1. The van der Waals surface area contributed by atoms with Gasteiger partial charge in [-0.15, -0.1) is 0 Å². The molecule has 0 saturated heterocycles. The second-order valence-corrected chi connectivity index (χ2v) is 2.71. The maximum Gasteiger partial charge on any atom is 0.307 e. The Balaban J connectivity index is 2.81. The molecule has 0 radical (unpaired) electrons. The highest BCUT2D eigenvalue weighted by atomic mass is 19.1. The molecule has 1 rings (SSSR count). The number of carboxylic acid groups (broad SMARTS) is 1. The van der Waals surface area contributed by atoms with Crippen molar-refractivity contribution >= 4 is 12.0 Å². The van der Waals surface area contributed by atoms with E-state index in [1.165, 1.54) is 18.3 Å². The number of hydrogen-bond acceptors (Lipinski definition) is 3. The van der Waals surface area contributed by atoms with Gasteiger partial charge in [0.1, 0.15) is 6.07 Å². The Labute approximate surface area is 85.3 Å². The van der Waals surface area contributed by atoms with Crippen LogP contribution in [0.2, 0.25) is 0 Å². The Morgan fingerprint density at radius 1 is 1.73 bits per heavy atom. The van der Waals surface area contributed by atoms with Gasteiger partial charge >= 0.3 is 5.97 Å². The minimum atomic E-state index is -0.965. The molecule has 76 valence electrons. The highest BCUT2D eigenvalue weighted by molar-refractivity contribution is 5.70. The lowest BCUT2D eigenvalue weighted by Gasteiger charge is -1.94. The van der Waals surface area contributed by atoms with E-state index in [2.05, 4.69) is 4.98 Å². The van der Waals surface area contributed by atoms with Gasteiger partial charge in [-0.3, -0.25) is 4.79 Å². The molecule has 1 heterocycles. The molecule has 5 heteroatoms. The number of nitrogens with zero attached hydrogens (tertiary/aromatic N) is 2. The van der Waals surface area contributed by atoms with Gasteiger partial charge in [-0.2, -0.15) is 5.26 Å². The molecule has 0 atom stereocenters. The van der Waals surface area contributed by atoms with Gasteiger partial charge in [-0.25, -0.2) is 9.37 Å². The molecule has 0 amide bonds. The summed E-state index contributed by atoms with van der Waals surface area (Å²) in [6.45, 7) is 0. The smallest absolute Gasteiger partial charge is 0.307 e. The van der Waals surface area contributed by atoms with Gasteiger partial charge in [0, 0.05) is 6.20 Å². The number of hydrogen-bond donors (Lipinski definition) is 1. The molecule has 1 aromatic heterocycles. The Morgan fingerprint density at radius 2 is 2.47 bits per heavy atom. The summed E-state index contributed by atoms with van der Waals surface area (Å²) in [7, 11) is 0. The number of aromatic nitrogens is 1. The Morgan fingerprint density at radius 3 is 3.00 bits per heavy atom. The molecular weight excluding hydrogens is 199 g/mol. The lowest BCUT2D eigenvalue weighted by atomic mass is 10.2. The molecule has 0 aliphatic heterocycles. The normalized spacial score (nSPS) is 10.1. The maximum absolute atomic E-state index is 13.0. The van der Waals surface area contributed by atoms with Gasteiger partial charge in [-0.1, -0.05) is 12.2 Å². The summed E-state index contributed by atoms with van der Waals surface area (Å²) >= 11 is 0. The molecule has 15 heavy (non-hydrogen) atoms. The summed E-state index contributed by atoms with van der Waals surface area (Å²) in [4.78, 5) is 13.7. The fraction of sp³-hybridized carbons (Fsp3) is 0.100. The van der Waals surface area contributed by atoms with Crippen molar-refractivity contribution in [1.29, 1.82) is 5.26 Å². The molecule has 0 saturated carbocycles. The fourth-order valence-corrected chi connectivity index (χ4v) is 0.922. The predicted octanol–water partition coefficient (Wildman–Crippen LogP) is 1.58. The second-order valence-electron chi connectivity index (χ2n) is 2.71. The van der Waals surface area contributed by atoms with E-state index in [4.69, 9.17) is 10.4 Å². The Hall–Kier alpha value is -2.22. The molecule has 0 spiro atoms. The zero-order valence-electron chi connectivity index (χ0n) is 7.64. The van der Waals surface area contributed by atoms with Crippen molar-refractivity contribution in [3.8, 4) is 6.07 Å². The quantitative estimate of drug-likeness (QED) is 0.814. The van der Waals surface area contributed by atoms with Crippen LogP contribution in [0, 0.1) is 17.1 Å². The van der Waals surface area contributed by atoms with E-state index in [0.717, 1.165) is 6.07 Å². The van der Waals surface area contributed by atoms with Crippen LogP contribution in [-0.2, 0) is 4.79 Å². The minimum absolute atomic E-state index is 0.137. The highest BCUT2D eigenvalue weighted by Gasteiger charge is 2.02. The zero-order valence-corrected chi connectivity index (χ0v) is 7.64. The second kappa shape index (κ2) is 4.86. The fourth-order valence-electron chi connectivity index (χ4n) is 0.922. The predicted molar refractivity (Wildman–Crippen MR) is 50.2 cm³/mol. The van der Waals surface area contributed by atoms with E-state index >= 15 is 0 Å². The lowest BCUT2D eigenvalue weighted by molar-refractivity contribution is -0.135. The Bertz CT molecular complexity index is 449. The average Bonchev–Trinajstić information content (AvgIpc) is 2.17. The molecule has 0 bridgehead atoms. The third-order valence-corrected chi connectivity index (χ3v) is 1.57. The van der Waals surface area contributed by atoms with E-state index in [-0.39, 0.29) is 12.1 Å². The maximum atomic E-state index is 13.0. The van der Waals surface area contributed by atoms with Crippen LogP contribution in [-0.4, -0.2) is 16.1 Å². The van der Waals surface area contributed by atoms with Gasteiger partial charge in [0.15, 0.2) is 11.5 Å². The molecule has 4 nitrogen and oxygen atoms in total. The van der Waals surface area contributed by atoms with Crippen LogP contribution < -0.4 is 0 Å². The highest BCUT2D eigenvalue weighted by Crippen LogP contribution is 2.07. The van der Waals surface area contributed by atoms with Crippen molar-refractivity contribution in [1.82, 2.24) is 4.98 Å². The molecule has 1 aromatic rings. The largest absolute Gasteiger partial charge is 0.481 e. The molecule has 0 aliphatic rings. The third-order valence-electron chi connectivity index (χ3n) is 1.57. The van der Waals surface area contributed by atoms with Crippen molar-refractivity contribution in [3.63, 3.8) is 0 Å². The molecule has 0 aromatic carbocycles. The van der Waals surface area contributed by atoms with Crippen LogP contribution >= 0.6 is 0 Å². The molecule has 0 aliphatic carbocycles. The van der Waals surface area contributed by atoms with Crippen LogP contribution in [0.3, 0.4) is 0 Å². The summed E-state index contributed by atoms with van der Waals surface area (Å²) in [5.74, 6) is -1.68. The van der Waals surface area contributed by atoms with Crippen molar-refractivity contribution in [2.24, 2.45) is 0 Å². The first-order chi connectivity index (χ1) is 7.13. The minimum Gasteiger partial charge on any atom is -0.481 e. The first-order valence-corrected chi connectivity index (χ1v) is 4.07. The summed E-state index contributed by atoms with van der Waals surface area (Å²) in [6, 6.07) is 2.72. The lowest BCUT2D eigenvalue weighted by Crippen LogP contribution is -1.91. The summed E-state index contributed by atoms with van der Waals surface area (Å²) in [5.41, 5.74) is 0.151. The molecule has 0 unspecified atom stereocenters. The van der Waals surface area contributed by atoms with Crippen molar-refractivity contribution in [3.05, 3.63) is 35.4 Å². The van der Waals surface area contributed by atoms with E-state index in [0.29, 0.717) is 5.56 Å². The molecular formula is C10H7FN2O2. The Kier molecular flexibility index (Phi) is 3.52. The molecule has 1 N–H and O–H groups in total. The topological polar surface area (TPSA) is 74.0 Å². The van der Waals surface area contributed by atoms with Gasteiger partial charge in [0.2, 0.25) is 0 Å². The van der Waals surface area contributed by atoms with Crippen LogP contribution in [0.4, 0.5) is 4.39 Å². The van der Waals surface area contributed by atoms with Crippen LogP contribution in [0.25, 0.3) is 6.08 Å². The number of carbonyl (C=O) groups is 1. The van der Waals surface area contributed by atoms with Gasteiger partial charge in [0.05, 0.1) is 6.42 Å². The first kappa shape index (κ1) is 10.9. The summed E-state index contributed by atoms with van der Waals surface area (Å²) < 4.78 is 13.0. The standard InChI is InChI=1S/C10H7FN2O2/c11-8-4-7(2-1-3-10(14)15)6-13-9(8)5-12/h1-2,4,6H,3H2,(H,14,15). The van der Waals surface area contributed by atoms with Gasteiger partial charge < -0.3 is 5.11 Å². The summed E-state index contributed by atoms with van der Waals surface area (Å²) in [5, 5.41) is 16.8. The van der Waals surface area contributed by atoms with E-state index in [1.54, 1.807) is 6.07 Å². The number of aliphatic carboxylic acids is 1. The van der Waals surface area contributed by atoms with Crippen molar-refractivity contribution < 1.29 is 14.3 Å². The van der Waals surface area contributed by atoms with Crippen LogP contribution in [0.15, 0.2) is 18.3 Å². The van der Waals surface area contributed by atoms with Crippen molar-refractivity contribution in [2.75, 3.05) is 0 Å². The SMILES string of the molecule is N#Cc1ncc(C=CCC(=O)O)cc1F. The number of rotatable bonds is 3. The van der Waals surface area contributed by atoms with Crippen LogP contribution in [0.1, 0.15) is 17.7 Å². The monoisotopic (exact) mass is 206 g/mol. The third kappa shape index (κ3) is 3.19. The van der Waals surface area contributed by atoms with Crippen molar-refractivity contribution in [2.45, 2.75) is 6.42 Å². The van der Waals surface area contributed by atoms with E-state index in [9.17, 15) is 9.18 Å². The number of carboxylic acids is 1. The number of pyridine rings is 1. The van der Waals surface area contributed by atoms with Gasteiger partial charge in [-0.05, 0) is 11.6 Å². The van der Waals surface area contributed by atoms with E-state index in [1.807, 2.05) is 0 Å². The van der Waals surface area contributed by atoms with Gasteiger partial charge in [0.25, 0.3) is 0 Å². The first-order valence-electron chi connectivity index (χ1n) is 4.07. The zero-order chi connectivity index (χ0) is 11.3. The average molecular weight is 206 g/mol. The van der Waals surface area contributed by atoms with Crippen LogP contribution in [0.5, 0.6) is 0 Å².